The molecule has 1 atom stereocenters. The third kappa shape index (κ3) is 13.0. The number of unbranched alkanes of at least 4 members (excludes halogenated alkanes) is 4. The molecule has 3 rings (SSSR count). The van der Waals surface area contributed by atoms with Crippen molar-refractivity contribution in [2.75, 3.05) is 46.1 Å². The van der Waals surface area contributed by atoms with Crippen LogP contribution in [-0.2, 0) is 30.2 Å². The minimum absolute atomic E-state index is 0.00953. The van der Waals surface area contributed by atoms with Gasteiger partial charge in [0.25, 0.3) is 0 Å². The smallest absolute Gasteiger partial charge is 0.407 e. The Balaban J connectivity index is 1.22. The van der Waals surface area contributed by atoms with Crippen molar-refractivity contribution >= 4 is 29.1 Å². The Morgan fingerprint density at radius 3 is 1.93 bits per heavy atom. The van der Waals surface area contributed by atoms with E-state index < -0.39 is 6.09 Å². The van der Waals surface area contributed by atoms with Crippen LogP contribution in [0.5, 0.6) is 0 Å². The lowest BCUT2D eigenvalue weighted by Gasteiger charge is -2.26. The molecule has 0 aliphatic heterocycles. The van der Waals surface area contributed by atoms with Crippen molar-refractivity contribution in [1.29, 1.82) is 0 Å². The minimum Gasteiger partial charge on any atom is -0.441 e. The Morgan fingerprint density at radius 2 is 1.26 bits per heavy atom. The lowest BCUT2D eigenvalue weighted by Crippen LogP contribution is -2.29. The highest BCUT2D eigenvalue weighted by atomic mass is 16.6. The first-order valence-electron chi connectivity index (χ1n) is 16.9. The Bertz CT molecular complexity index is 1280. The molecule has 0 aromatic heterocycles. The molecule has 0 bridgehead atoms. The molecule has 1 unspecified atom stereocenters. The zero-order valence-corrected chi connectivity index (χ0v) is 28.0. The molecule has 46 heavy (non-hydrogen) atoms. The molecular formula is C37H53N3O6. The van der Waals surface area contributed by atoms with Crippen LogP contribution in [0.2, 0.25) is 0 Å². The molecule has 1 aliphatic rings. The first kappa shape index (κ1) is 36.8. The second-order valence-corrected chi connectivity index (χ2v) is 11.7. The molecule has 0 heterocycles. The molecule has 0 saturated heterocycles. The Kier molecular flexibility index (Phi) is 16.9. The predicted octanol–water partition coefficient (Wildman–Crippen LogP) is 6.37. The van der Waals surface area contributed by atoms with Crippen molar-refractivity contribution in [1.82, 2.24) is 16.0 Å². The molecule has 2 aromatic rings. The SMILES string of the molecule is CCCCCC(=O)NCCOCCOCCNC(=O)CCCCCNC(=O)OC1Cc2ccccc2/C(C)=C(/C)c2ccccc21. The summed E-state index contributed by atoms with van der Waals surface area (Å²) in [5.41, 5.74) is 6.91. The summed E-state index contributed by atoms with van der Waals surface area (Å²) in [6.07, 6.45) is 6.23. The number of nitrogens with one attached hydrogen (secondary N) is 3. The van der Waals surface area contributed by atoms with Gasteiger partial charge in [0, 0.05) is 44.5 Å². The number of carbonyl (C=O) groups excluding carboxylic acids is 3. The van der Waals surface area contributed by atoms with E-state index in [1.807, 2.05) is 30.3 Å². The number of amides is 3. The van der Waals surface area contributed by atoms with E-state index in [1.165, 1.54) is 16.7 Å². The van der Waals surface area contributed by atoms with Crippen LogP contribution in [0.3, 0.4) is 0 Å². The minimum atomic E-state index is -0.427. The topological polar surface area (TPSA) is 115 Å². The van der Waals surface area contributed by atoms with Crippen LogP contribution in [0.25, 0.3) is 11.1 Å². The van der Waals surface area contributed by atoms with Crippen molar-refractivity contribution < 1.29 is 28.6 Å². The van der Waals surface area contributed by atoms with Crippen molar-refractivity contribution in [3.63, 3.8) is 0 Å². The Morgan fingerprint density at radius 1 is 0.674 bits per heavy atom. The van der Waals surface area contributed by atoms with Crippen LogP contribution >= 0.6 is 0 Å². The molecule has 1 aliphatic carbocycles. The maximum Gasteiger partial charge on any atom is 0.407 e. The van der Waals surface area contributed by atoms with Crippen LogP contribution in [0.4, 0.5) is 4.79 Å². The van der Waals surface area contributed by atoms with Gasteiger partial charge in [0.05, 0.1) is 26.4 Å². The molecule has 0 radical (unpaired) electrons. The molecule has 0 saturated carbocycles. The van der Waals surface area contributed by atoms with Gasteiger partial charge in [0.2, 0.25) is 11.8 Å². The second kappa shape index (κ2) is 21.2. The summed E-state index contributed by atoms with van der Waals surface area (Å²) in [5.74, 6) is 0.0627. The van der Waals surface area contributed by atoms with E-state index in [9.17, 15) is 14.4 Å². The van der Waals surface area contributed by atoms with E-state index >= 15 is 0 Å². The normalized spacial score (nSPS) is 15.6. The summed E-state index contributed by atoms with van der Waals surface area (Å²) in [6, 6.07) is 16.5. The predicted molar refractivity (Wildman–Crippen MR) is 182 cm³/mol. The van der Waals surface area contributed by atoms with E-state index in [-0.39, 0.29) is 17.9 Å². The van der Waals surface area contributed by atoms with Gasteiger partial charge in [-0.1, -0.05) is 74.7 Å². The molecular weight excluding hydrogens is 582 g/mol. The number of fused-ring (bicyclic) bond motifs is 2. The highest BCUT2D eigenvalue weighted by molar-refractivity contribution is 5.91. The number of carbonyl (C=O) groups is 3. The fourth-order valence-electron chi connectivity index (χ4n) is 5.51. The van der Waals surface area contributed by atoms with E-state index in [2.05, 4.69) is 54.9 Å². The fourth-order valence-corrected chi connectivity index (χ4v) is 5.51. The number of benzene rings is 2. The molecule has 252 valence electrons. The number of allylic oxidation sites excluding steroid dienone is 2. The monoisotopic (exact) mass is 635 g/mol. The maximum absolute atomic E-state index is 12.8. The van der Waals surface area contributed by atoms with Gasteiger partial charge in [0.1, 0.15) is 6.10 Å². The molecule has 3 amide bonds. The van der Waals surface area contributed by atoms with Crippen LogP contribution < -0.4 is 16.0 Å². The standard InChI is InChI=1S/C37H53N3O6/c1-4-5-7-18-35(41)38-21-23-44-25-26-45-24-22-39-36(42)19-8-6-13-20-40-37(43)46-34-27-30-14-9-10-15-31(30)28(2)29(3)32-16-11-12-17-33(32)34/h9-12,14-17,34H,4-8,13,18-27H2,1-3H3,(H,38,41)(H,39,42)(H,40,43)/b29-28-. The maximum atomic E-state index is 12.8. The van der Waals surface area contributed by atoms with Crippen LogP contribution in [0.1, 0.15) is 100 Å². The van der Waals surface area contributed by atoms with Crippen LogP contribution in [-0.4, -0.2) is 64.0 Å². The van der Waals surface area contributed by atoms with E-state index in [4.69, 9.17) is 14.2 Å². The van der Waals surface area contributed by atoms with Crippen LogP contribution in [0, 0.1) is 0 Å². The lowest BCUT2D eigenvalue weighted by molar-refractivity contribution is -0.122. The Labute approximate surface area is 274 Å². The van der Waals surface area contributed by atoms with Gasteiger partial charge in [-0.25, -0.2) is 4.79 Å². The average Bonchev–Trinajstić information content (AvgIpc) is 3.06. The van der Waals surface area contributed by atoms with Gasteiger partial charge in [-0.2, -0.15) is 0 Å². The van der Waals surface area contributed by atoms with E-state index in [0.717, 1.165) is 55.2 Å². The van der Waals surface area contributed by atoms with Gasteiger partial charge in [-0.05, 0) is 60.9 Å². The van der Waals surface area contributed by atoms with Crippen molar-refractivity contribution in [3.05, 3.63) is 70.8 Å². The first-order valence-corrected chi connectivity index (χ1v) is 16.9. The largest absolute Gasteiger partial charge is 0.441 e. The lowest BCUT2D eigenvalue weighted by atomic mass is 9.84. The van der Waals surface area contributed by atoms with Gasteiger partial charge in [0.15, 0.2) is 0 Å². The van der Waals surface area contributed by atoms with Gasteiger partial charge in [-0.15, -0.1) is 0 Å². The number of hydrogen-bond donors (Lipinski definition) is 3. The number of alkyl carbamates (subject to hydrolysis) is 1. The Hall–Kier alpha value is -3.69. The summed E-state index contributed by atoms with van der Waals surface area (Å²) in [6.45, 7) is 9.59. The fraction of sp³-hybridized carbons (Fsp3) is 0.541. The quantitative estimate of drug-likeness (QED) is 0.146. The summed E-state index contributed by atoms with van der Waals surface area (Å²) in [7, 11) is 0. The van der Waals surface area contributed by atoms with Crippen LogP contribution in [0.15, 0.2) is 48.5 Å². The highest BCUT2D eigenvalue weighted by Crippen LogP contribution is 2.38. The number of ether oxygens (including phenoxy) is 3. The van der Waals surface area contributed by atoms with E-state index in [0.29, 0.717) is 65.3 Å². The zero-order chi connectivity index (χ0) is 33.0. The van der Waals surface area contributed by atoms with Crippen molar-refractivity contribution in [2.24, 2.45) is 0 Å². The zero-order valence-electron chi connectivity index (χ0n) is 28.0. The average molecular weight is 636 g/mol. The summed E-state index contributed by atoms with van der Waals surface area (Å²) < 4.78 is 16.9. The third-order valence-corrected chi connectivity index (χ3v) is 8.22. The molecule has 0 fully saturated rings. The van der Waals surface area contributed by atoms with Crippen molar-refractivity contribution in [3.8, 4) is 0 Å². The van der Waals surface area contributed by atoms with Gasteiger partial charge in [-0.3, -0.25) is 9.59 Å². The third-order valence-electron chi connectivity index (χ3n) is 8.22. The molecule has 9 heteroatoms. The molecule has 2 aromatic carbocycles. The summed E-state index contributed by atoms with van der Waals surface area (Å²) in [4.78, 5) is 36.5. The number of rotatable bonds is 20. The summed E-state index contributed by atoms with van der Waals surface area (Å²) >= 11 is 0. The van der Waals surface area contributed by atoms with Crippen molar-refractivity contribution in [2.45, 2.75) is 84.7 Å². The molecule has 3 N–H and O–H groups in total. The van der Waals surface area contributed by atoms with Gasteiger partial charge >= 0.3 is 6.09 Å². The number of hydrogen-bond acceptors (Lipinski definition) is 6. The molecule has 9 nitrogen and oxygen atoms in total. The summed E-state index contributed by atoms with van der Waals surface area (Å²) in [5, 5.41) is 8.61. The van der Waals surface area contributed by atoms with E-state index in [1.54, 1.807) is 0 Å². The molecule has 0 spiro atoms. The second-order valence-electron chi connectivity index (χ2n) is 11.7. The first-order chi connectivity index (χ1) is 22.4. The highest BCUT2D eigenvalue weighted by Gasteiger charge is 2.25. The van der Waals surface area contributed by atoms with Gasteiger partial charge < -0.3 is 30.2 Å².